The van der Waals surface area contributed by atoms with Crippen LogP contribution in [0.2, 0.25) is 0 Å². The van der Waals surface area contributed by atoms with Crippen molar-refractivity contribution in [2.75, 3.05) is 0 Å². The predicted molar refractivity (Wildman–Crippen MR) is 75.6 cm³/mol. The zero-order valence-electron chi connectivity index (χ0n) is 9.13. The van der Waals surface area contributed by atoms with Crippen LogP contribution in [-0.2, 0) is 0 Å². The minimum atomic E-state index is -0.0354. The summed E-state index contributed by atoms with van der Waals surface area (Å²) in [7, 11) is 0. The molecule has 1 unspecified atom stereocenters. The normalized spacial score (nSPS) is 12.8. The van der Waals surface area contributed by atoms with Gasteiger partial charge in [-0.25, -0.2) is 0 Å². The summed E-state index contributed by atoms with van der Waals surface area (Å²) in [5.41, 5.74) is 3.65. The van der Waals surface area contributed by atoms with Gasteiger partial charge < -0.3 is 0 Å². The van der Waals surface area contributed by atoms with Crippen molar-refractivity contribution in [1.82, 2.24) is 0 Å². The lowest BCUT2D eigenvalue weighted by atomic mass is 10.0. The minimum Gasteiger partial charge on any atom is -0.147 e. The van der Waals surface area contributed by atoms with Crippen molar-refractivity contribution in [1.29, 1.82) is 0 Å². The molecule has 0 spiro atoms. The number of rotatable bonds is 2. The van der Waals surface area contributed by atoms with E-state index in [0.717, 1.165) is 4.47 Å². The third-order valence-corrected chi connectivity index (χ3v) is 5.00. The van der Waals surface area contributed by atoms with Gasteiger partial charge in [0.05, 0.1) is 5.38 Å². The number of thiophene rings is 1. The van der Waals surface area contributed by atoms with E-state index in [4.69, 9.17) is 11.6 Å². The molecule has 0 aliphatic rings. The lowest BCUT2D eigenvalue weighted by Gasteiger charge is -2.13. The number of benzene rings is 1. The lowest BCUT2D eigenvalue weighted by molar-refractivity contribution is 1.13. The van der Waals surface area contributed by atoms with E-state index in [9.17, 15) is 0 Å². The summed E-state index contributed by atoms with van der Waals surface area (Å²) in [6, 6.07) is 8.42. The standard InChI is InChI=1S/C13H12BrClS/c1-8-7-11(14)9(2)6-10(8)13(15)12-4-3-5-16-12/h3-7,13H,1-2H3. The summed E-state index contributed by atoms with van der Waals surface area (Å²) in [6.07, 6.45) is 0. The maximum absolute atomic E-state index is 6.50. The van der Waals surface area contributed by atoms with Crippen LogP contribution < -0.4 is 0 Å². The molecule has 0 aliphatic heterocycles. The van der Waals surface area contributed by atoms with E-state index >= 15 is 0 Å². The van der Waals surface area contributed by atoms with Gasteiger partial charge in [-0.2, -0.15) is 0 Å². The SMILES string of the molecule is Cc1cc(C(Cl)c2cccs2)c(C)cc1Br. The molecule has 0 radical (unpaired) electrons. The molecule has 0 amide bonds. The Kier molecular flexibility index (Phi) is 3.73. The molecule has 1 heterocycles. The topological polar surface area (TPSA) is 0 Å². The minimum absolute atomic E-state index is 0.0354. The van der Waals surface area contributed by atoms with Crippen LogP contribution in [0.3, 0.4) is 0 Å². The zero-order valence-corrected chi connectivity index (χ0v) is 12.3. The Hall–Kier alpha value is -0.310. The molecule has 1 atom stereocenters. The fraction of sp³-hybridized carbons (Fsp3) is 0.231. The highest BCUT2D eigenvalue weighted by Crippen LogP contribution is 2.35. The Morgan fingerprint density at radius 2 is 2.00 bits per heavy atom. The van der Waals surface area contributed by atoms with Crippen LogP contribution >= 0.6 is 38.9 Å². The van der Waals surface area contributed by atoms with Gasteiger partial charge in [0.2, 0.25) is 0 Å². The van der Waals surface area contributed by atoms with E-state index in [1.165, 1.54) is 21.6 Å². The van der Waals surface area contributed by atoms with Crippen molar-refractivity contribution in [2.45, 2.75) is 19.2 Å². The van der Waals surface area contributed by atoms with Crippen LogP contribution in [0.5, 0.6) is 0 Å². The molecule has 0 nitrogen and oxygen atoms in total. The number of hydrogen-bond acceptors (Lipinski definition) is 1. The van der Waals surface area contributed by atoms with E-state index in [1.54, 1.807) is 11.3 Å². The summed E-state index contributed by atoms with van der Waals surface area (Å²) in [4.78, 5) is 1.20. The summed E-state index contributed by atoms with van der Waals surface area (Å²) >= 11 is 11.7. The number of alkyl halides is 1. The van der Waals surface area contributed by atoms with Crippen LogP contribution in [0, 0.1) is 13.8 Å². The van der Waals surface area contributed by atoms with Gasteiger partial charge in [0, 0.05) is 9.35 Å². The Morgan fingerprint density at radius 3 is 2.62 bits per heavy atom. The quantitative estimate of drug-likeness (QED) is 0.646. The van der Waals surface area contributed by atoms with Crippen molar-refractivity contribution in [3.8, 4) is 0 Å². The first-order chi connectivity index (χ1) is 7.59. The molecule has 1 aromatic carbocycles. The lowest BCUT2D eigenvalue weighted by Crippen LogP contribution is -1.95. The Labute approximate surface area is 113 Å². The van der Waals surface area contributed by atoms with Crippen LogP contribution in [0.25, 0.3) is 0 Å². The molecule has 0 saturated carbocycles. The third kappa shape index (κ3) is 2.34. The van der Waals surface area contributed by atoms with Gasteiger partial charge in [0.15, 0.2) is 0 Å². The average molecular weight is 316 g/mol. The van der Waals surface area contributed by atoms with Crippen molar-refractivity contribution >= 4 is 38.9 Å². The first kappa shape index (κ1) is 12.2. The van der Waals surface area contributed by atoms with Crippen LogP contribution in [0.15, 0.2) is 34.1 Å². The molecule has 2 aromatic rings. The van der Waals surface area contributed by atoms with Crippen molar-refractivity contribution in [3.63, 3.8) is 0 Å². The second-order valence-corrected chi connectivity index (χ2v) is 6.11. The summed E-state index contributed by atoms with van der Waals surface area (Å²) in [6.45, 7) is 4.19. The molecule has 0 N–H and O–H groups in total. The number of halogens is 2. The van der Waals surface area contributed by atoms with Crippen LogP contribution in [-0.4, -0.2) is 0 Å². The molecule has 0 saturated heterocycles. The van der Waals surface area contributed by atoms with Crippen molar-refractivity contribution < 1.29 is 0 Å². The molecular weight excluding hydrogens is 304 g/mol. The molecule has 0 bridgehead atoms. The van der Waals surface area contributed by atoms with Gasteiger partial charge in [-0.3, -0.25) is 0 Å². The second-order valence-electron chi connectivity index (χ2n) is 3.84. The maximum Gasteiger partial charge on any atom is 0.0930 e. The molecular formula is C13H12BrClS. The molecule has 0 aliphatic carbocycles. The fourth-order valence-corrected chi connectivity index (χ4v) is 3.30. The monoisotopic (exact) mass is 314 g/mol. The van der Waals surface area contributed by atoms with Gasteiger partial charge in [-0.1, -0.05) is 28.1 Å². The summed E-state index contributed by atoms with van der Waals surface area (Å²) in [5.74, 6) is 0. The fourth-order valence-electron chi connectivity index (χ4n) is 1.67. The second kappa shape index (κ2) is 4.91. The highest BCUT2D eigenvalue weighted by Gasteiger charge is 2.15. The van der Waals surface area contributed by atoms with E-state index < -0.39 is 0 Å². The highest BCUT2D eigenvalue weighted by molar-refractivity contribution is 9.10. The van der Waals surface area contributed by atoms with Gasteiger partial charge in [0.1, 0.15) is 0 Å². The van der Waals surface area contributed by atoms with Crippen molar-refractivity contribution in [3.05, 3.63) is 55.7 Å². The Balaban J connectivity index is 2.44. The summed E-state index contributed by atoms with van der Waals surface area (Å²) < 4.78 is 1.14. The molecule has 1 aromatic heterocycles. The molecule has 3 heteroatoms. The zero-order chi connectivity index (χ0) is 11.7. The first-order valence-electron chi connectivity index (χ1n) is 5.03. The van der Waals surface area contributed by atoms with Gasteiger partial charge >= 0.3 is 0 Å². The summed E-state index contributed by atoms with van der Waals surface area (Å²) in [5, 5.41) is 2.03. The third-order valence-electron chi connectivity index (χ3n) is 2.61. The Bertz CT molecular complexity index is 491. The predicted octanol–water partition coefficient (Wildman–Crippen LogP) is 5.46. The highest BCUT2D eigenvalue weighted by atomic mass is 79.9. The molecule has 2 rings (SSSR count). The average Bonchev–Trinajstić information content (AvgIpc) is 2.75. The molecule has 16 heavy (non-hydrogen) atoms. The van der Waals surface area contributed by atoms with E-state index in [1.807, 2.05) is 6.07 Å². The smallest absolute Gasteiger partial charge is 0.0930 e. The van der Waals surface area contributed by atoms with Crippen molar-refractivity contribution in [2.24, 2.45) is 0 Å². The van der Waals surface area contributed by atoms with Gasteiger partial charge in [-0.05, 0) is 48.1 Å². The first-order valence-corrected chi connectivity index (χ1v) is 7.14. The molecule has 0 fully saturated rings. The number of aryl methyl sites for hydroxylation is 2. The van der Waals surface area contributed by atoms with Gasteiger partial charge in [0.25, 0.3) is 0 Å². The number of hydrogen-bond donors (Lipinski definition) is 0. The van der Waals surface area contributed by atoms with Crippen LogP contribution in [0.1, 0.15) is 26.9 Å². The molecule has 84 valence electrons. The van der Waals surface area contributed by atoms with E-state index in [2.05, 4.69) is 53.4 Å². The van der Waals surface area contributed by atoms with Crippen LogP contribution in [0.4, 0.5) is 0 Å². The van der Waals surface area contributed by atoms with Gasteiger partial charge in [-0.15, -0.1) is 22.9 Å². The van der Waals surface area contributed by atoms with E-state index in [-0.39, 0.29) is 5.38 Å². The Morgan fingerprint density at radius 1 is 1.25 bits per heavy atom. The largest absolute Gasteiger partial charge is 0.147 e. The maximum atomic E-state index is 6.50. The van der Waals surface area contributed by atoms with E-state index in [0.29, 0.717) is 0 Å².